The Labute approximate surface area is 121 Å². The van der Waals surface area contributed by atoms with Gasteiger partial charge in [-0.15, -0.1) is 0 Å². The summed E-state index contributed by atoms with van der Waals surface area (Å²) in [5.74, 6) is 0. The topological polar surface area (TPSA) is 37.8 Å². The van der Waals surface area contributed by atoms with Crippen LogP contribution in [0.5, 0.6) is 0 Å². The fraction of sp³-hybridized carbons (Fsp3) is 0.125. The Balaban J connectivity index is 2.46. The Morgan fingerprint density at radius 1 is 1.05 bits per heavy atom. The van der Waals surface area contributed by atoms with Crippen LogP contribution in [-0.2, 0) is 0 Å². The quantitative estimate of drug-likeness (QED) is 0.692. The normalized spacial score (nSPS) is 10.9. The van der Waals surface area contributed by atoms with Crippen LogP contribution in [0, 0.1) is 18.6 Å². The van der Waals surface area contributed by atoms with Gasteiger partial charge in [0, 0.05) is 0 Å². The van der Waals surface area contributed by atoms with E-state index in [9.17, 15) is 4.79 Å². The van der Waals surface area contributed by atoms with Crippen molar-refractivity contribution in [1.82, 2.24) is 9.55 Å². The summed E-state index contributed by atoms with van der Waals surface area (Å²) in [4.78, 5) is 15.8. The van der Waals surface area contributed by atoms with Crippen molar-refractivity contribution in [1.29, 1.82) is 0 Å². The summed E-state index contributed by atoms with van der Waals surface area (Å²) in [7, 11) is 0. The number of benzene rings is 2. The van der Waals surface area contributed by atoms with Crippen LogP contribution in [0.3, 0.4) is 0 Å². The highest BCUT2D eigenvalue weighted by molar-refractivity contribution is 7.71. The maximum Gasteiger partial charge on any atom is 0.266 e. The van der Waals surface area contributed by atoms with E-state index in [4.69, 9.17) is 12.2 Å². The molecule has 0 aliphatic heterocycles. The Bertz CT molecular complexity index is 922. The molecule has 4 heteroatoms. The summed E-state index contributed by atoms with van der Waals surface area (Å²) in [5, 5.41) is 0.641. The third-order valence-corrected chi connectivity index (χ3v) is 3.91. The first-order chi connectivity index (χ1) is 9.59. The minimum absolute atomic E-state index is 0.0851. The zero-order valence-electron chi connectivity index (χ0n) is 11.3. The summed E-state index contributed by atoms with van der Waals surface area (Å²) in [6.07, 6.45) is 0. The molecular weight excluding hydrogens is 268 g/mol. The molecule has 0 atom stereocenters. The summed E-state index contributed by atoms with van der Waals surface area (Å²) in [6, 6.07) is 13.3. The molecule has 1 heterocycles. The van der Waals surface area contributed by atoms with Gasteiger partial charge < -0.3 is 4.98 Å². The number of para-hydroxylation sites is 1. The molecule has 1 aromatic heterocycles. The van der Waals surface area contributed by atoms with Crippen molar-refractivity contribution in [2.24, 2.45) is 0 Å². The minimum Gasteiger partial charge on any atom is -0.331 e. The maximum atomic E-state index is 12.7. The lowest BCUT2D eigenvalue weighted by Crippen LogP contribution is -2.21. The second-order valence-electron chi connectivity index (χ2n) is 4.84. The lowest BCUT2D eigenvalue weighted by atomic mass is 10.1. The summed E-state index contributed by atoms with van der Waals surface area (Å²) in [6.45, 7) is 4.03. The van der Waals surface area contributed by atoms with Gasteiger partial charge in [0.15, 0.2) is 4.77 Å². The molecule has 0 saturated heterocycles. The Hall–Kier alpha value is -2.20. The number of aryl methyl sites for hydroxylation is 1. The van der Waals surface area contributed by atoms with Crippen molar-refractivity contribution in [3.05, 3.63) is 68.7 Å². The lowest BCUT2D eigenvalue weighted by molar-refractivity contribution is 0.928. The standard InChI is InChI=1S/C16H14N2OS/c1-10-6-5-9-14(11(10)2)18-15(19)12-7-3-4-8-13(12)17-16(18)20/h3-9H,1-2H3,(H,17,20). The van der Waals surface area contributed by atoms with Crippen LogP contribution in [0.4, 0.5) is 0 Å². The summed E-state index contributed by atoms with van der Waals surface area (Å²) >= 11 is 5.36. The van der Waals surface area contributed by atoms with Gasteiger partial charge in [-0.3, -0.25) is 9.36 Å². The predicted octanol–water partition coefficient (Wildman–Crippen LogP) is 3.67. The molecule has 0 aliphatic rings. The molecule has 3 nitrogen and oxygen atoms in total. The van der Waals surface area contributed by atoms with Crippen LogP contribution in [-0.4, -0.2) is 9.55 Å². The fourth-order valence-corrected chi connectivity index (χ4v) is 2.65. The first-order valence-corrected chi connectivity index (χ1v) is 6.81. The third-order valence-electron chi connectivity index (χ3n) is 3.62. The van der Waals surface area contributed by atoms with Crippen LogP contribution >= 0.6 is 12.2 Å². The van der Waals surface area contributed by atoms with E-state index in [0.29, 0.717) is 10.2 Å². The highest BCUT2D eigenvalue weighted by atomic mass is 32.1. The molecule has 0 bridgehead atoms. The van der Waals surface area contributed by atoms with E-state index < -0.39 is 0 Å². The Kier molecular flexibility index (Phi) is 3.03. The molecule has 0 amide bonds. The zero-order chi connectivity index (χ0) is 14.3. The van der Waals surface area contributed by atoms with E-state index in [1.807, 2.05) is 56.3 Å². The number of aromatic amines is 1. The molecule has 2 aromatic carbocycles. The summed E-state index contributed by atoms with van der Waals surface area (Å²) in [5.41, 5.74) is 3.71. The fourth-order valence-electron chi connectivity index (χ4n) is 2.36. The van der Waals surface area contributed by atoms with Gasteiger partial charge in [0.2, 0.25) is 0 Å². The van der Waals surface area contributed by atoms with Gasteiger partial charge in [0.1, 0.15) is 0 Å². The van der Waals surface area contributed by atoms with Crippen molar-refractivity contribution in [2.45, 2.75) is 13.8 Å². The number of fused-ring (bicyclic) bond motifs is 1. The van der Waals surface area contributed by atoms with Gasteiger partial charge in [-0.25, -0.2) is 0 Å². The van der Waals surface area contributed by atoms with E-state index in [-0.39, 0.29) is 5.56 Å². The van der Waals surface area contributed by atoms with E-state index in [1.54, 1.807) is 4.57 Å². The number of nitrogens with zero attached hydrogens (tertiary/aromatic N) is 1. The van der Waals surface area contributed by atoms with Gasteiger partial charge in [-0.2, -0.15) is 0 Å². The molecule has 0 unspecified atom stereocenters. The largest absolute Gasteiger partial charge is 0.331 e. The number of hydrogen-bond donors (Lipinski definition) is 1. The Morgan fingerprint density at radius 3 is 2.60 bits per heavy atom. The molecule has 3 aromatic rings. The van der Waals surface area contributed by atoms with Gasteiger partial charge in [0.05, 0.1) is 16.6 Å². The lowest BCUT2D eigenvalue weighted by Gasteiger charge is -2.12. The second-order valence-corrected chi connectivity index (χ2v) is 5.22. The number of nitrogens with one attached hydrogen (secondary N) is 1. The minimum atomic E-state index is -0.0851. The molecule has 0 fully saturated rings. The first-order valence-electron chi connectivity index (χ1n) is 6.40. The highest BCUT2D eigenvalue weighted by Gasteiger charge is 2.09. The molecular formula is C16H14N2OS. The molecule has 100 valence electrons. The average molecular weight is 282 g/mol. The third kappa shape index (κ3) is 1.89. The molecule has 0 radical (unpaired) electrons. The van der Waals surface area contributed by atoms with Gasteiger partial charge in [-0.1, -0.05) is 24.3 Å². The van der Waals surface area contributed by atoms with Gasteiger partial charge in [-0.05, 0) is 55.4 Å². The van der Waals surface area contributed by atoms with Crippen LogP contribution < -0.4 is 5.56 Å². The van der Waals surface area contributed by atoms with Gasteiger partial charge >= 0.3 is 0 Å². The molecule has 1 N–H and O–H groups in total. The molecule has 0 aliphatic carbocycles. The predicted molar refractivity (Wildman–Crippen MR) is 84.2 cm³/mol. The first kappa shape index (κ1) is 12.8. The second kappa shape index (κ2) is 4.72. The van der Waals surface area contributed by atoms with E-state index >= 15 is 0 Å². The van der Waals surface area contributed by atoms with Crippen molar-refractivity contribution in [3.8, 4) is 5.69 Å². The number of H-pyrrole nitrogens is 1. The molecule has 3 rings (SSSR count). The molecule has 0 spiro atoms. The van der Waals surface area contributed by atoms with Crippen LogP contribution in [0.25, 0.3) is 16.6 Å². The Morgan fingerprint density at radius 2 is 1.80 bits per heavy atom. The van der Waals surface area contributed by atoms with E-state index in [2.05, 4.69) is 4.98 Å². The SMILES string of the molecule is Cc1cccc(-n2c(=S)[nH]c3ccccc3c2=O)c1C. The van der Waals surface area contributed by atoms with Gasteiger partial charge in [0.25, 0.3) is 5.56 Å². The van der Waals surface area contributed by atoms with Crippen molar-refractivity contribution in [3.63, 3.8) is 0 Å². The highest BCUT2D eigenvalue weighted by Crippen LogP contribution is 2.17. The monoisotopic (exact) mass is 282 g/mol. The molecule has 20 heavy (non-hydrogen) atoms. The number of rotatable bonds is 1. The molecule has 0 saturated carbocycles. The van der Waals surface area contributed by atoms with Crippen LogP contribution in [0.15, 0.2) is 47.3 Å². The van der Waals surface area contributed by atoms with Crippen LogP contribution in [0.2, 0.25) is 0 Å². The van der Waals surface area contributed by atoms with Crippen molar-refractivity contribution < 1.29 is 0 Å². The average Bonchev–Trinajstić information content (AvgIpc) is 2.43. The summed E-state index contributed by atoms with van der Waals surface area (Å²) < 4.78 is 1.99. The zero-order valence-corrected chi connectivity index (χ0v) is 12.1. The maximum absolute atomic E-state index is 12.7. The van der Waals surface area contributed by atoms with Crippen molar-refractivity contribution >= 4 is 23.1 Å². The smallest absolute Gasteiger partial charge is 0.266 e. The van der Waals surface area contributed by atoms with E-state index in [0.717, 1.165) is 22.3 Å². The number of hydrogen-bond acceptors (Lipinski definition) is 2. The van der Waals surface area contributed by atoms with E-state index in [1.165, 1.54) is 0 Å². The van der Waals surface area contributed by atoms with Crippen molar-refractivity contribution in [2.75, 3.05) is 0 Å². The van der Waals surface area contributed by atoms with Crippen LogP contribution in [0.1, 0.15) is 11.1 Å². The number of aromatic nitrogens is 2.